The van der Waals surface area contributed by atoms with Gasteiger partial charge in [0.05, 0.1) is 14.2 Å². The van der Waals surface area contributed by atoms with Gasteiger partial charge in [-0.2, -0.15) is 0 Å². The van der Waals surface area contributed by atoms with Crippen LogP contribution in [0.5, 0.6) is 17.2 Å². The van der Waals surface area contributed by atoms with Crippen LogP contribution in [-0.2, 0) is 4.79 Å². The molecule has 2 N–H and O–H groups in total. The molecule has 0 aromatic heterocycles. The zero-order valence-electron chi connectivity index (χ0n) is 17.6. The third-order valence-corrected chi connectivity index (χ3v) is 6.03. The Morgan fingerprint density at radius 3 is 1.93 bits per heavy atom. The maximum Gasteiger partial charge on any atom is 0.255 e. The van der Waals surface area contributed by atoms with Gasteiger partial charge in [-0.15, -0.1) is 0 Å². The number of methoxy groups -OCH3 is 2. The van der Waals surface area contributed by atoms with Crippen molar-refractivity contribution in [2.45, 2.75) is 64.0 Å². The number of rotatable bonds is 9. The van der Waals surface area contributed by atoms with E-state index in [1.54, 1.807) is 12.1 Å². The fraction of sp³-hybridized carbons (Fsp3) is 0.636. The molecule has 3 rings (SSSR count). The molecule has 2 fully saturated rings. The monoisotopic (exact) mass is 404 g/mol. The van der Waals surface area contributed by atoms with Gasteiger partial charge in [-0.3, -0.25) is 9.59 Å². The summed E-state index contributed by atoms with van der Waals surface area (Å²) in [4.78, 5) is 26.7. The normalized spacial score (nSPS) is 21.3. The first-order chi connectivity index (χ1) is 14.0. The van der Waals surface area contributed by atoms with Crippen molar-refractivity contribution >= 4 is 11.8 Å². The predicted molar refractivity (Wildman–Crippen MR) is 109 cm³/mol. The molecule has 29 heavy (non-hydrogen) atoms. The van der Waals surface area contributed by atoms with Crippen molar-refractivity contribution in [3.05, 3.63) is 17.7 Å². The third kappa shape index (κ3) is 4.95. The number of benzene rings is 1. The van der Waals surface area contributed by atoms with Crippen molar-refractivity contribution in [1.29, 1.82) is 0 Å². The molecule has 0 spiro atoms. The molecule has 2 aliphatic carbocycles. The molecule has 7 heteroatoms. The highest BCUT2D eigenvalue weighted by Gasteiger charge is 2.39. The topological polar surface area (TPSA) is 91.1 Å². The highest BCUT2D eigenvalue weighted by molar-refractivity contribution is 5.96. The van der Waals surface area contributed by atoms with Crippen LogP contribution in [0.2, 0.25) is 0 Å². The highest BCUT2D eigenvalue weighted by atomic mass is 16.5. The van der Waals surface area contributed by atoms with E-state index in [-0.39, 0.29) is 18.3 Å². The Labute approximate surface area is 172 Å². The number of primary amides is 1. The number of nitrogens with zero attached hydrogens (tertiary/aromatic N) is 1. The Bertz CT molecular complexity index is 714. The van der Waals surface area contributed by atoms with Crippen LogP contribution in [0.3, 0.4) is 0 Å². The van der Waals surface area contributed by atoms with Gasteiger partial charge in [-0.25, -0.2) is 0 Å². The SMILES string of the molecule is CCC1CCC(N(C(=O)c2cc(OC)c(OCC(N)=O)c(OC)c2)C2CC2)CC1. The van der Waals surface area contributed by atoms with E-state index in [0.717, 1.165) is 31.6 Å². The van der Waals surface area contributed by atoms with E-state index < -0.39 is 5.91 Å². The molecule has 0 bridgehead atoms. The Morgan fingerprint density at radius 1 is 1.00 bits per heavy atom. The average Bonchev–Trinajstić information content (AvgIpc) is 3.57. The minimum atomic E-state index is -0.600. The minimum absolute atomic E-state index is 0.00509. The van der Waals surface area contributed by atoms with Gasteiger partial charge in [0.2, 0.25) is 5.75 Å². The van der Waals surface area contributed by atoms with Gasteiger partial charge in [0.25, 0.3) is 11.8 Å². The maximum atomic E-state index is 13.5. The second kappa shape index (κ2) is 9.37. The average molecular weight is 405 g/mol. The summed E-state index contributed by atoms with van der Waals surface area (Å²) in [6.07, 6.45) is 7.84. The van der Waals surface area contributed by atoms with Crippen LogP contribution in [0.25, 0.3) is 0 Å². The maximum absolute atomic E-state index is 13.5. The number of carbonyl (C=O) groups excluding carboxylic acids is 2. The molecule has 0 heterocycles. The number of carbonyl (C=O) groups is 2. The van der Waals surface area contributed by atoms with E-state index in [2.05, 4.69) is 11.8 Å². The number of nitrogens with two attached hydrogens (primary N) is 1. The molecule has 1 aromatic carbocycles. The summed E-state index contributed by atoms with van der Waals surface area (Å²) in [6, 6.07) is 3.94. The van der Waals surface area contributed by atoms with E-state index in [9.17, 15) is 9.59 Å². The van der Waals surface area contributed by atoms with Gasteiger partial charge in [0.1, 0.15) is 0 Å². The lowest BCUT2D eigenvalue weighted by Crippen LogP contribution is -2.43. The summed E-state index contributed by atoms with van der Waals surface area (Å²) in [5.41, 5.74) is 5.69. The molecule has 7 nitrogen and oxygen atoms in total. The minimum Gasteiger partial charge on any atom is -0.493 e. The lowest BCUT2D eigenvalue weighted by atomic mass is 9.83. The molecule has 0 unspecified atom stereocenters. The first kappa shape index (κ1) is 21.3. The lowest BCUT2D eigenvalue weighted by Gasteiger charge is -2.37. The van der Waals surface area contributed by atoms with Gasteiger partial charge >= 0.3 is 0 Å². The molecular weight excluding hydrogens is 372 g/mol. The van der Waals surface area contributed by atoms with E-state index in [1.807, 2.05) is 0 Å². The molecular formula is C22H32N2O5. The predicted octanol–water partition coefficient (Wildman–Crippen LogP) is 3.14. The summed E-state index contributed by atoms with van der Waals surface area (Å²) in [5, 5.41) is 0. The van der Waals surface area contributed by atoms with E-state index in [0.29, 0.717) is 29.1 Å². The van der Waals surface area contributed by atoms with E-state index in [1.165, 1.54) is 33.5 Å². The summed E-state index contributed by atoms with van der Waals surface area (Å²) < 4.78 is 16.3. The molecule has 0 aliphatic heterocycles. The van der Waals surface area contributed by atoms with Crippen LogP contribution in [0.15, 0.2) is 12.1 Å². The summed E-state index contributed by atoms with van der Waals surface area (Å²) in [6.45, 7) is 1.95. The van der Waals surface area contributed by atoms with Crippen molar-refractivity contribution in [2.24, 2.45) is 11.7 Å². The van der Waals surface area contributed by atoms with Gasteiger partial charge in [0.15, 0.2) is 18.1 Å². The van der Waals surface area contributed by atoms with Gasteiger partial charge < -0.3 is 24.8 Å². The van der Waals surface area contributed by atoms with Crippen LogP contribution in [-0.4, -0.2) is 49.6 Å². The van der Waals surface area contributed by atoms with Crippen molar-refractivity contribution in [3.8, 4) is 17.2 Å². The zero-order valence-corrected chi connectivity index (χ0v) is 17.6. The highest BCUT2D eigenvalue weighted by Crippen LogP contribution is 2.41. The smallest absolute Gasteiger partial charge is 0.255 e. The summed E-state index contributed by atoms with van der Waals surface area (Å²) >= 11 is 0. The van der Waals surface area contributed by atoms with Crippen LogP contribution in [0, 0.1) is 5.92 Å². The Kier molecular flexibility index (Phi) is 6.87. The second-order valence-electron chi connectivity index (χ2n) is 7.99. The Morgan fingerprint density at radius 2 is 1.52 bits per heavy atom. The number of ether oxygens (including phenoxy) is 3. The van der Waals surface area contributed by atoms with Crippen LogP contribution in [0.1, 0.15) is 62.2 Å². The van der Waals surface area contributed by atoms with E-state index >= 15 is 0 Å². The molecule has 0 saturated heterocycles. The number of hydrogen-bond acceptors (Lipinski definition) is 5. The van der Waals surface area contributed by atoms with Gasteiger partial charge in [-0.1, -0.05) is 13.3 Å². The van der Waals surface area contributed by atoms with Crippen LogP contribution < -0.4 is 19.9 Å². The fourth-order valence-electron chi connectivity index (χ4n) is 4.25. The number of hydrogen-bond donors (Lipinski definition) is 1. The molecule has 160 valence electrons. The van der Waals surface area contributed by atoms with Gasteiger partial charge in [-0.05, 0) is 56.6 Å². The first-order valence-electron chi connectivity index (χ1n) is 10.5. The van der Waals surface area contributed by atoms with Crippen molar-refractivity contribution < 1.29 is 23.8 Å². The van der Waals surface area contributed by atoms with E-state index in [4.69, 9.17) is 19.9 Å². The molecule has 2 aliphatic rings. The van der Waals surface area contributed by atoms with Crippen LogP contribution >= 0.6 is 0 Å². The molecule has 1 aromatic rings. The summed E-state index contributed by atoms with van der Waals surface area (Å²) in [5.74, 6) is 1.15. The molecule has 2 amide bonds. The molecule has 0 radical (unpaired) electrons. The zero-order chi connectivity index (χ0) is 21.0. The Balaban J connectivity index is 1.85. The largest absolute Gasteiger partial charge is 0.493 e. The van der Waals surface area contributed by atoms with Crippen molar-refractivity contribution in [3.63, 3.8) is 0 Å². The number of amides is 2. The van der Waals surface area contributed by atoms with Crippen molar-refractivity contribution in [1.82, 2.24) is 4.90 Å². The molecule has 0 atom stereocenters. The summed E-state index contributed by atoms with van der Waals surface area (Å²) in [7, 11) is 2.98. The van der Waals surface area contributed by atoms with Crippen molar-refractivity contribution in [2.75, 3.05) is 20.8 Å². The first-order valence-corrected chi connectivity index (χ1v) is 10.5. The molecule has 2 saturated carbocycles. The van der Waals surface area contributed by atoms with Crippen LogP contribution in [0.4, 0.5) is 0 Å². The Hall–Kier alpha value is -2.44. The standard InChI is InChI=1S/C22H32N2O5/c1-4-14-5-7-16(8-6-14)24(17-9-10-17)22(26)15-11-18(27-2)21(19(12-15)28-3)29-13-20(23)25/h11-12,14,16-17H,4-10,13H2,1-3H3,(H2,23,25). The van der Waals surface area contributed by atoms with Gasteiger partial charge in [0, 0.05) is 17.6 Å². The quantitative estimate of drug-likeness (QED) is 0.683. The fourth-order valence-corrected chi connectivity index (χ4v) is 4.25. The second-order valence-corrected chi connectivity index (χ2v) is 7.99. The third-order valence-electron chi connectivity index (χ3n) is 6.03. The lowest BCUT2D eigenvalue weighted by molar-refractivity contribution is -0.120.